The molecule has 4 N–H and O–H groups in total. The number of hydrogen-bond donors (Lipinski definition) is 4. The van der Waals surface area contributed by atoms with Crippen LogP contribution in [0, 0.1) is 11.2 Å². The predicted octanol–water partition coefficient (Wildman–Crippen LogP) is 2.86. The zero-order valence-electron chi connectivity index (χ0n) is 19.6. The Hall–Kier alpha value is -3.46. The van der Waals surface area contributed by atoms with Gasteiger partial charge in [-0.15, -0.1) is 0 Å². The van der Waals surface area contributed by atoms with Crippen molar-refractivity contribution in [3.63, 3.8) is 0 Å². The van der Waals surface area contributed by atoms with Gasteiger partial charge in [0.25, 0.3) is 5.91 Å². The van der Waals surface area contributed by atoms with Crippen LogP contribution in [0.1, 0.15) is 61.6 Å². The summed E-state index contributed by atoms with van der Waals surface area (Å²) in [5.74, 6) is -0.980. The second-order valence-electron chi connectivity index (χ2n) is 10.0. The van der Waals surface area contributed by atoms with Gasteiger partial charge in [0.15, 0.2) is 5.96 Å². The van der Waals surface area contributed by atoms with Crippen LogP contribution >= 0.6 is 0 Å². The minimum Gasteiger partial charge on any atom is -0.485 e. The first kappa shape index (κ1) is 23.7. The molecule has 0 aromatic heterocycles. The fourth-order valence-electron chi connectivity index (χ4n) is 4.38. The molecule has 0 bridgehead atoms. The summed E-state index contributed by atoms with van der Waals surface area (Å²) in [6.07, 6.45) is -0.852. The highest BCUT2D eigenvalue weighted by Crippen LogP contribution is 2.39. The maximum Gasteiger partial charge on any atom is 0.251 e. The Bertz CT molecular complexity index is 1140. The predicted molar refractivity (Wildman–Crippen MR) is 124 cm³/mol. The molecule has 2 aliphatic rings. The number of nitrogens with zero attached hydrogens (tertiary/aromatic N) is 1. The smallest absolute Gasteiger partial charge is 0.251 e. The number of carbonyl (C=O) groups is 2. The van der Waals surface area contributed by atoms with Crippen molar-refractivity contribution in [3.8, 4) is 5.75 Å². The van der Waals surface area contributed by atoms with E-state index in [1.165, 1.54) is 17.0 Å². The number of fused-ring (bicyclic) bond motifs is 1. The van der Waals surface area contributed by atoms with Crippen molar-refractivity contribution < 1.29 is 23.8 Å². The van der Waals surface area contributed by atoms with E-state index in [-0.39, 0.29) is 30.4 Å². The van der Waals surface area contributed by atoms with E-state index in [9.17, 15) is 19.1 Å². The van der Waals surface area contributed by atoms with Gasteiger partial charge in [-0.3, -0.25) is 19.9 Å². The van der Waals surface area contributed by atoms with Crippen LogP contribution in [0.25, 0.3) is 0 Å². The van der Waals surface area contributed by atoms with Gasteiger partial charge in [-0.1, -0.05) is 18.2 Å². The molecule has 180 valence electrons. The summed E-state index contributed by atoms with van der Waals surface area (Å²) < 4.78 is 20.3. The number of benzene rings is 2. The molecule has 1 fully saturated rings. The molecule has 2 aliphatic heterocycles. The highest BCUT2D eigenvalue weighted by atomic mass is 19.1. The third-order valence-electron chi connectivity index (χ3n) is 6.12. The molecule has 34 heavy (non-hydrogen) atoms. The van der Waals surface area contributed by atoms with Crippen LogP contribution in [-0.4, -0.2) is 45.0 Å². The molecular weight excluding hydrogens is 439 g/mol. The van der Waals surface area contributed by atoms with Gasteiger partial charge < -0.3 is 20.5 Å². The molecule has 1 saturated heterocycles. The molecule has 0 saturated carbocycles. The van der Waals surface area contributed by atoms with Crippen LogP contribution in [0.2, 0.25) is 0 Å². The number of aliphatic hydroxyl groups is 1. The normalized spacial score (nSPS) is 22.9. The Morgan fingerprint density at radius 1 is 1.26 bits per heavy atom. The summed E-state index contributed by atoms with van der Waals surface area (Å²) in [5.41, 5.74) is -0.437. The Morgan fingerprint density at radius 2 is 1.97 bits per heavy atom. The van der Waals surface area contributed by atoms with Crippen LogP contribution in [-0.2, 0) is 11.3 Å². The van der Waals surface area contributed by atoms with Gasteiger partial charge in [0.2, 0.25) is 5.91 Å². The number of para-hydroxylation sites is 1. The minimum absolute atomic E-state index is 0.0471. The number of hydrogen-bond acceptors (Lipinski definition) is 5. The van der Waals surface area contributed by atoms with E-state index in [2.05, 4.69) is 10.6 Å². The first-order valence-electron chi connectivity index (χ1n) is 11.1. The van der Waals surface area contributed by atoms with Crippen LogP contribution in [0.5, 0.6) is 5.75 Å². The lowest BCUT2D eigenvalue weighted by molar-refractivity contribution is -0.130. The minimum atomic E-state index is -1.04. The number of amides is 2. The standard InChI is InChI=1S/C25H29FN4O4/c1-24(2)12-19(31)30(23(27)29-24)13-14-9-15(11-16(26)10-14)22(33)28-20-17-7-5-6-8-18(17)34-25(3,4)21(20)32/h5-11,20-21,32H,12-13H2,1-4H3,(H2,27,29)(H,28,33)/t20-,21+/m1/s1. The molecule has 8 nitrogen and oxygen atoms in total. The fourth-order valence-corrected chi connectivity index (χ4v) is 4.38. The molecule has 9 heteroatoms. The highest BCUT2D eigenvalue weighted by molar-refractivity contribution is 5.99. The Balaban J connectivity index is 1.57. The Kier molecular flexibility index (Phi) is 5.85. The van der Waals surface area contributed by atoms with Crippen molar-refractivity contribution in [2.24, 2.45) is 0 Å². The number of carbonyl (C=O) groups excluding carboxylic acids is 2. The molecule has 0 radical (unpaired) electrons. The van der Waals surface area contributed by atoms with Crippen LogP contribution in [0.3, 0.4) is 0 Å². The van der Waals surface area contributed by atoms with Crippen LogP contribution < -0.4 is 15.4 Å². The van der Waals surface area contributed by atoms with Crippen molar-refractivity contribution in [2.75, 3.05) is 0 Å². The molecule has 0 spiro atoms. The van der Waals surface area contributed by atoms with E-state index in [0.717, 1.165) is 6.07 Å². The molecule has 0 unspecified atom stereocenters. The average molecular weight is 469 g/mol. The maximum atomic E-state index is 14.5. The monoisotopic (exact) mass is 468 g/mol. The summed E-state index contributed by atoms with van der Waals surface area (Å²) >= 11 is 0. The number of halogens is 1. The van der Waals surface area contributed by atoms with E-state index in [4.69, 9.17) is 10.1 Å². The Labute approximate surface area is 197 Å². The zero-order chi connectivity index (χ0) is 24.8. The first-order chi connectivity index (χ1) is 15.9. The van der Waals surface area contributed by atoms with Crippen molar-refractivity contribution in [1.29, 1.82) is 5.41 Å². The summed E-state index contributed by atoms with van der Waals surface area (Å²) in [6.45, 7) is 7.06. The summed E-state index contributed by atoms with van der Waals surface area (Å²) in [4.78, 5) is 26.9. The molecule has 2 aromatic rings. The van der Waals surface area contributed by atoms with Gasteiger partial charge in [0.1, 0.15) is 23.3 Å². The third-order valence-corrected chi connectivity index (χ3v) is 6.12. The number of guanidine groups is 1. The largest absolute Gasteiger partial charge is 0.485 e. The summed E-state index contributed by atoms with van der Waals surface area (Å²) in [6, 6.07) is 10.2. The van der Waals surface area contributed by atoms with Crippen molar-refractivity contribution in [3.05, 3.63) is 65.0 Å². The van der Waals surface area contributed by atoms with Crippen molar-refractivity contribution in [1.82, 2.24) is 15.5 Å². The summed E-state index contributed by atoms with van der Waals surface area (Å²) in [5, 5.41) is 24.8. The SMILES string of the molecule is CC1(C)CC(=O)N(Cc2cc(F)cc(C(=O)N[C@@H]3c4ccccc4OC(C)(C)[C@H]3O)c2)C(=N)N1. The van der Waals surface area contributed by atoms with Crippen LogP contribution in [0.4, 0.5) is 4.39 Å². The molecule has 2 amide bonds. The first-order valence-corrected chi connectivity index (χ1v) is 11.1. The molecule has 2 atom stereocenters. The van der Waals surface area contributed by atoms with Gasteiger partial charge in [0.05, 0.1) is 12.6 Å². The zero-order valence-corrected chi connectivity index (χ0v) is 19.6. The second kappa shape index (κ2) is 8.39. The van der Waals surface area contributed by atoms with Gasteiger partial charge >= 0.3 is 0 Å². The van der Waals surface area contributed by atoms with E-state index in [1.54, 1.807) is 38.1 Å². The van der Waals surface area contributed by atoms with E-state index in [1.807, 2.05) is 13.8 Å². The fraction of sp³-hybridized carbons (Fsp3) is 0.400. The third kappa shape index (κ3) is 4.61. The molecule has 2 heterocycles. The second-order valence-corrected chi connectivity index (χ2v) is 10.0. The lowest BCUT2D eigenvalue weighted by atomic mass is 9.86. The molecule has 0 aliphatic carbocycles. The number of rotatable bonds is 4. The lowest BCUT2D eigenvalue weighted by Crippen LogP contribution is -2.59. The van der Waals surface area contributed by atoms with Gasteiger partial charge in [-0.25, -0.2) is 4.39 Å². The lowest BCUT2D eigenvalue weighted by Gasteiger charge is -2.42. The molecule has 2 aromatic carbocycles. The van der Waals surface area contributed by atoms with Gasteiger partial charge in [-0.05, 0) is 57.5 Å². The topological polar surface area (TPSA) is 115 Å². The van der Waals surface area contributed by atoms with E-state index < -0.39 is 35.0 Å². The quantitative estimate of drug-likeness (QED) is 0.551. The number of aliphatic hydroxyl groups excluding tert-OH is 1. The average Bonchev–Trinajstić information content (AvgIpc) is 2.72. The van der Waals surface area contributed by atoms with Crippen molar-refractivity contribution in [2.45, 2.75) is 63.9 Å². The van der Waals surface area contributed by atoms with Crippen LogP contribution in [0.15, 0.2) is 42.5 Å². The van der Waals surface area contributed by atoms with E-state index in [0.29, 0.717) is 16.9 Å². The van der Waals surface area contributed by atoms with Gasteiger partial charge in [-0.2, -0.15) is 0 Å². The van der Waals surface area contributed by atoms with Gasteiger partial charge in [0, 0.05) is 23.1 Å². The molecule has 4 rings (SSSR count). The maximum absolute atomic E-state index is 14.5. The van der Waals surface area contributed by atoms with Crippen molar-refractivity contribution >= 4 is 17.8 Å². The molecular formula is C25H29FN4O4. The Morgan fingerprint density at radius 3 is 2.68 bits per heavy atom. The van der Waals surface area contributed by atoms with E-state index >= 15 is 0 Å². The number of ether oxygens (including phenoxy) is 1. The highest BCUT2D eigenvalue weighted by Gasteiger charge is 2.43. The number of nitrogens with one attached hydrogen (secondary N) is 3. The summed E-state index contributed by atoms with van der Waals surface area (Å²) in [7, 11) is 0.